The first-order chi connectivity index (χ1) is 15.0. The van der Waals surface area contributed by atoms with Gasteiger partial charge in [-0.1, -0.05) is 45.0 Å². The minimum Gasteiger partial charge on any atom is -0.484 e. The van der Waals surface area contributed by atoms with Crippen molar-refractivity contribution in [3.05, 3.63) is 77.9 Å². The molecule has 4 aromatic rings. The molecule has 31 heavy (non-hydrogen) atoms. The van der Waals surface area contributed by atoms with Gasteiger partial charge in [-0.15, -0.1) is 10.2 Å². The van der Waals surface area contributed by atoms with Crippen LogP contribution in [-0.4, -0.2) is 27.5 Å². The molecular weight excluding hydrogens is 388 g/mol. The van der Waals surface area contributed by atoms with Gasteiger partial charge in [0.1, 0.15) is 16.8 Å². The van der Waals surface area contributed by atoms with E-state index in [9.17, 15) is 4.79 Å². The summed E-state index contributed by atoms with van der Waals surface area (Å²) in [5, 5.41) is 11.9. The van der Waals surface area contributed by atoms with Crippen molar-refractivity contribution >= 4 is 22.6 Å². The van der Waals surface area contributed by atoms with Crippen molar-refractivity contribution in [1.82, 2.24) is 15.0 Å². The Kier molecular flexibility index (Phi) is 5.98. The molecule has 158 valence electrons. The van der Waals surface area contributed by atoms with E-state index >= 15 is 0 Å². The second-order valence-corrected chi connectivity index (χ2v) is 7.77. The van der Waals surface area contributed by atoms with Crippen LogP contribution in [0.25, 0.3) is 16.7 Å². The number of amides is 1. The van der Waals surface area contributed by atoms with Crippen LogP contribution < -0.4 is 10.1 Å². The number of benzene rings is 3. The molecule has 1 amide bonds. The second-order valence-electron chi connectivity index (χ2n) is 7.77. The average molecular weight is 415 g/mol. The Morgan fingerprint density at radius 2 is 1.68 bits per heavy atom. The van der Waals surface area contributed by atoms with Crippen LogP contribution in [0.5, 0.6) is 5.75 Å². The first-order valence-electron chi connectivity index (χ1n) is 10.5. The van der Waals surface area contributed by atoms with E-state index in [-0.39, 0.29) is 12.5 Å². The zero-order valence-electron chi connectivity index (χ0n) is 18.0. The molecule has 0 saturated carbocycles. The summed E-state index contributed by atoms with van der Waals surface area (Å²) < 4.78 is 5.57. The minimum atomic E-state index is -0.226. The normalized spacial score (nSPS) is 11.1. The van der Waals surface area contributed by atoms with E-state index in [2.05, 4.69) is 48.4 Å². The third-order valence-corrected chi connectivity index (χ3v) is 5.16. The molecule has 0 atom stereocenters. The maximum atomic E-state index is 12.3. The molecule has 0 aliphatic heterocycles. The highest BCUT2D eigenvalue weighted by Crippen LogP contribution is 2.20. The third kappa shape index (κ3) is 4.91. The largest absolute Gasteiger partial charge is 0.484 e. The number of ether oxygens (including phenoxy) is 1. The first kappa shape index (κ1) is 20.6. The highest BCUT2D eigenvalue weighted by molar-refractivity contribution is 5.93. The minimum absolute atomic E-state index is 0.0571. The molecule has 1 N–H and O–H groups in total. The first-order valence-corrected chi connectivity index (χ1v) is 10.5. The van der Waals surface area contributed by atoms with Crippen LogP contribution in [0, 0.1) is 0 Å². The van der Waals surface area contributed by atoms with Crippen molar-refractivity contribution in [3.8, 4) is 11.4 Å². The summed E-state index contributed by atoms with van der Waals surface area (Å²) in [6, 6.07) is 21.5. The number of anilines is 1. The van der Waals surface area contributed by atoms with Crippen molar-refractivity contribution < 1.29 is 9.53 Å². The van der Waals surface area contributed by atoms with Crippen molar-refractivity contribution in [2.45, 2.75) is 33.1 Å². The van der Waals surface area contributed by atoms with E-state index in [1.165, 1.54) is 11.1 Å². The van der Waals surface area contributed by atoms with Gasteiger partial charge in [-0.25, -0.2) is 0 Å². The molecule has 3 aromatic carbocycles. The summed E-state index contributed by atoms with van der Waals surface area (Å²) in [4.78, 5) is 13.9. The topological polar surface area (TPSA) is 69.0 Å². The van der Waals surface area contributed by atoms with Crippen molar-refractivity contribution in [2.24, 2.45) is 0 Å². The highest BCUT2D eigenvalue weighted by atomic mass is 16.5. The average Bonchev–Trinajstić information content (AvgIpc) is 3.21. The molecule has 4 rings (SSSR count). The molecule has 0 unspecified atom stereocenters. The number of carbonyl (C=O) groups is 1. The van der Waals surface area contributed by atoms with Crippen LogP contribution in [0.4, 0.5) is 5.69 Å². The van der Waals surface area contributed by atoms with E-state index in [4.69, 9.17) is 4.74 Å². The SMILES string of the molecule is CCc1ccc(OCC(=O)Nc2ccc3nn(-c4ccc(C(C)C)cc4)nc3c2)cc1. The molecule has 1 aromatic heterocycles. The van der Waals surface area contributed by atoms with E-state index in [0.29, 0.717) is 22.9 Å². The number of nitrogens with zero attached hydrogens (tertiary/aromatic N) is 3. The second kappa shape index (κ2) is 9.00. The van der Waals surface area contributed by atoms with Gasteiger partial charge in [0.15, 0.2) is 6.61 Å². The van der Waals surface area contributed by atoms with Gasteiger partial charge in [-0.2, -0.15) is 4.80 Å². The summed E-state index contributed by atoms with van der Waals surface area (Å²) in [6.45, 7) is 6.37. The van der Waals surface area contributed by atoms with Gasteiger partial charge in [0.25, 0.3) is 5.91 Å². The van der Waals surface area contributed by atoms with Gasteiger partial charge >= 0.3 is 0 Å². The quantitative estimate of drug-likeness (QED) is 0.455. The van der Waals surface area contributed by atoms with E-state index in [1.807, 2.05) is 54.6 Å². The smallest absolute Gasteiger partial charge is 0.262 e. The van der Waals surface area contributed by atoms with Gasteiger partial charge in [0.2, 0.25) is 0 Å². The summed E-state index contributed by atoms with van der Waals surface area (Å²) >= 11 is 0. The molecule has 1 heterocycles. The predicted octanol–water partition coefficient (Wildman–Crippen LogP) is 5.12. The molecule has 0 saturated heterocycles. The molecule has 0 fully saturated rings. The Hall–Kier alpha value is -3.67. The van der Waals surface area contributed by atoms with Crippen LogP contribution in [0.1, 0.15) is 37.8 Å². The maximum Gasteiger partial charge on any atom is 0.262 e. The summed E-state index contributed by atoms with van der Waals surface area (Å²) in [5.41, 5.74) is 5.53. The van der Waals surface area contributed by atoms with Crippen molar-refractivity contribution in [3.63, 3.8) is 0 Å². The molecular formula is C25H26N4O2. The standard InChI is InChI=1S/C25H26N4O2/c1-4-18-5-12-22(13-6-18)31-16-25(30)26-20-9-14-23-24(15-20)28-29(27-23)21-10-7-19(8-11-21)17(2)3/h5-15,17H,4,16H2,1-3H3,(H,26,30). The lowest BCUT2D eigenvalue weighted by Gasteiger charge is -2.08. The molecule has 0 bridgehead atoms. The lowest BCUT2D eigenvalue weighted by Crippen LogP contribution is -2.20. The monoisotopic (exact) mass is 414 g/mol. The number of aromatic nitrogens is 3. The van der Waals surface area contributed by atoms with Gasteiger partial charge in [0, 0.05) is 5.69 Å². The Labute approximate surface area is 181 Å². The number of aryl methyl sites for hydroxylation is 1. The fourth-order valence-corrected chi connectivity index (χ4v) is 3.27. The van der Waals surface area contributed by atoms with Crippen LogP contribution in [0.2, 0.25) is 0 Å². The third-order valence-electron chi connectivity index (χ3n) is 5.16. The van der Waals surface area contributed by atoms with Crippen LogP contribution in [0.15, 0.2) is 66.7 Å². The van der Waals surface area contributed by atoms with Gasteiger partial charge < -0.3 is 10.1 Å². The fraction of sp³-hybridized carbons (Fsp3) is 0.240. The van der Waals surface area contributed by atoms with E-state index < -0.39 is 0 Å². The Morgan fingerprint density at radius 3 is 2.35 bits per heavy atom. The van der Waals surface area contributed by atoms with Crippen molar-refractivity contribution in [1.29, 1.82) is 0 Å². The van der Waals surface area contributed by atoms with Gasteiger partial charge in [0.05, 0.1) is 5.69 Å². The summed E-state index contributed by atoms with van der Waals surface area (Å²) in [6.07, 6.45) is 0.969. The van der Waals surface area contributed by atoms with Crippen LogP contribution in [-0.2, 0) is 11.2 Å². The molecule has 0 spiro atoms. The lowest BCUT2D eigenvalue weighted by molar-refractivity contribution is -0.118. The summed E-state index contributed by atoms with van der Waals surface area (Å²) in [5.74, 6) is 0.925. The maximum absolute atomic E-state index is 12.3. The molecule has 6 nitrogen and oxygen atoms in total. The Bertz CT molecular complexity index is 1180. The highest BCUT2D eigenvalue weighted by Gasteiger charge is 2.09. The summed E-state index contributed by atoms with van der Waals surface area (Å²) in [7, 11) is 0. The number of rotatable bonds is 7. The van der Waals surface area contributed by atoms with Crippen molar-refractivity contribution in [2.75, 3.05) is 11.9 Å². The number of nitrogens with one attached hydrogen (secondary N) is 1. The molecule has 0 aliphatic carbocycles. The molecule has 6 heteroatoms. The number of hydrogen-bond donors (Lipinski definition) is 1. The molecule has 0 aliphatic rings. The number of fused-ring (bicyclic) bond motifs is 1. The van der Waals surface area contributed by atoms with Gasteiger partial charge in [-0.05, 0) is 65.9 Å². The zero-order valence-corrected chi connectivity index (χ0v) is 18.0. The van der Waals surface area contributed by atoms with E-state index in [0.717, 1.165) is 17.6 Å². The Balaban J connectivity index is 1.42. The lowest BCUT2D eigenvalue weighted by atomic mass is 10.0. The van der Waals surface area contributed by atoms with Gasteiger partial charge in [-0.3, -0.25) is 4.79 Å². The number of hydrogen-bond acceptors (Lipinski definition) is 4. The molecule has 0 radical (unpaired) electrons. The fourth-order valence-electron chi connectivity index (χ4n) is 3.27. The van der Waals surface area contributed by atoms with Crippen LogP contribution in [0.3, 0.4) is 0 Å². The Morgan fingerprint density at radius 1 is 0.968 bits per heavy atom. The van der Waals surface area contributed by atoms with E-state index in [1.54, 1.807) is 4.80 Å². The zero-order chi connectivity index (χ0) is 21.8. The predicted molar refractivity (Wildman–Crippen MR) is 123 cm³/mol. The van der Waals surface area contributed by atoms with Crippen LogP contribution >= 0.6 is 0 Å². The number of carbonyl (C=O) groups excluding carboxylic acids is 1.